The van der Waals surface area contributed by atoms with Gasteiger partial charge in [-0.3, -0.25) is 9.59 Å². The average Bonchev–Trinajstić information content (AvgIpc) is 2.63. The molecule has 3 rings (SSSR count). The Balaban J connectivity index is 1.55. The highest BCUT2D eigenvalue weighted by atomic mass is 16.3. The van der Waals surface area contributed by atoms with Crippen LogP contribution in [0.5, 0.6) is 5.75 Å². The quantitative estimate of drug-likeness (QED) is 0.904. The molecule has 0 spiro atoms. The molecule has 1 aliphatic rings. The molecular weight excluding hydrogens is 316 g/mol. The first kappa shape index (κ1) is 17.0. The van der Waals surface area contributed by atoms with E-state index in [9.17, 15) is 14.7 Å². The number of hydrogen-bond acceptors (Lipinski definition) is 3. The number of para-hydroxylation sites is 1. The summed E-state index contributed by atoms with van der Waals surface area (Å²) in [5, 5.41) is 12.7. The SMILES string of the molecule is Cc1ccc(C(=O)N2CCC(NC(=O)c3ccccc3O)CC2)cc1. The van der Waals surface area contributed by atoms with Gasteiger partial charge in [0.05, 0.1) is 5.56 Å². The number of aromatic hydroxyl groups is 1. The molecule has 2 amide bonds. The molecule has 2 N–H and O–H groups in total. The van der Waals surface area contributed by atoms with Crippen LogP contribution in [-0.4, -0.2) is 41.0 Å². The molecule has 1 aliphatic heterocycles. The largest absolute Gasteiger partial charge is 0.507 e. The minimum Gasteiger partial charge on any atom is -0.507 e. The standard InChI is InChI=1S/C20H22N2O3/c1-14-6-8-15(9-7-14)20(25)22-12-10-16(11-13-22)21-19(24)17-4-2-3-5-18(17)23/h2-9,16,23H,10-13H2,1H3,(H,21,24). The molecule has 2 aromatic rings. The molecule has 0 aliphatic carbocycles. The molecule has 0 unspecified atom stereocenters. The normalized spacial score (nSPS) is 15.0. The van der Waals surface area contributed by atoms with E-state index < -0.39 is 0 Å². The number of likely N-dealkylation sites (tertiary alicyclic amines) is 1. The monoisotopic (exact) mass is 338 g/mol. The lowest BCUT2D eigenvalue weighted by Gasteiger charge is -2.32. The summed E-state index contributed by atoms with van der Waals surface area (Å²) in [4.78, 5) is 26.6. The lowest BCUT2D eigenvalue weighted by molar-refractivity contribution is 0.0698. The molecule has 130 valence electrons. The third-order valence-electron chi connectivity index (χ3n) is 4.56. The first-order valence-corrected chi connectivity index (χ1v) is 8.49. The number of phenols is 1. The minimum atomic E-state index is -0.276. The van der Waals surface area contributed by atoms with Crippen molar-refractivity contribution in [3.8, 4) is 5.75 Å². The van der Waals surface area contributed by atoms with Crippen molar-refractivity contribution >= 4 is 11.8 Å². The van der Waals surface area contributed by atoms with Gasteiger partial charge in [-0.15, -0.1) is 0 Å². The maximum Gasteiger partial charge on any atom is 0.255 e. The van der Waals surface area contributed by atoms with Crippen molar-refractivity contribution in [1.82, 2.24) is 10.2 Å². The Kier molecular flexibility index (Phi) is 5.03. The molecule has 0 aromatic heterocycles. The van der Waals surface area contributed by atoms with Gasteiger partial charge in [-0.1, -0.05) is 29.8 Å². The minimum absolute atomic E-state index is 0.00849. The van der Waals surface area contributed by atoms with Gasteiger partial charge in [0.15, 0.2) is 0 Å². The van der Waals surface area contributed by atoms with E-state index in [4.69, 9.17) is 0 Å². The molecule has 0 atom stereocenters. The predicted molar refractivity (Wildman–Crippen MR) is 95.7 cm³/mol. The van der Waals surface area contributed by atoms with E-state index in [-0.39, 0.29) is 29.2 Å². The van der Waals surface area contributed by atoms with Crippen molar-refractivity contribution in [3.63, 3.8) is 0 Å². The number of amides is 2. The van der Waals surface area contributed by atoms with E-state index in [1.54, 1.807) is 18.2 Å². The van der Waals surface area contributed by atoms with Crippen molar-refractivity contribution in [2.45, 2.75) is 25.8 Å². The lowest BCUT2D eigenvalue weighted by Crippen LogP contribution is -2.46. The Morgan fingerprint density at radius 1 is 1.04 bits per heavy atom. The number of rotatable bonds is 3. The van der Waals surface area contributed by atoms with Crippen LogP contribution in [0.3, 0.4) is 0 Å². The van der Waals surface area contributed by atoms with E-state index in [0.717, 1.165) is 5.56 Å². The maximum atomic E-state index is 12.5. The number of piperidine rings is 1. The van der Waals surface area contributed by atoms with Crippen LogP contribution in [0.25, 0.3) is 0 Å². The van der Waals surface area contributed by atoms with Crippen molar-refractivity contribution in [3.05, 3.63) is 65.2 Å². The smallest absolute Gasteiger partial charge is 0.255 e. The zero-order chi connectivity index (χ0) is 17.8. The Bertz CT molecular complexity index is 763. The summed E-state index contributed by atoms with van der Waals surface area (Å²) >= 11 is 0. The lowest BCUT2D eigenvalue weighted by atomic mass is 10.0. The first-order chi connectivity index (χ1) is 12.0. The third-order valence-corrected chi connectivity index (χ3v) is 4.56. The summed E-state index contributed by atoms with van der Waals surface area (Å²) in [5.41, 5.74) is 2.10. The molecule has 5 heteroatoms. The van der Waals surface area contributed by atoms with Crippen LogP contribution in [0, 0.1) is 6.92 Å². The van der Waals surface area contributed by atoms with Crippen LogP contribution < -0.4 is 5.32 Å². The van der Waals surface area contributed by atoms with Gasteiger partial charge in [0, 0.05) is 24.7 Å². The van der Waals surface area contributed by atoms with Crippen LogP contribution in [0.1, 0.15) is 39.1 Å². The van der Waals surface area contributed by atoms with Crippen LogP contribution >= 0.6 is 0 Å². The maximum absolute atomic E-state index is 12.5. The Labute approximate surface area is 147 Å². The molecule has 1 saturated heterocycles. The number of nitrogens with zero attached hydrogens (tertiary/aromatic N) is 1. The molecule has 25 heavy (non-hydrogen) atoms. The number of hydrogen-bond donors (Lipinski definition) is 2. The summed E-state index contributed by atoms with van der Waals surface area (Å²) in [6.07, 6.45) is 1.41. The zero-order valence-electron chi connectivity index (χ0n) is 14.2. The van der Waals surface area contributed by atoms with Gasteiger partial charge in [0.25, 0.3) is 11.8 Å². The topological polar surface area (TPSA) is 69.6 Å². The fourth-order valence-electron chi connectivity index (χ4n) is 3.03. The van der Waals surface area contributed by atoms with E-state index in [2.05, 4.69) is 5.32 Å². The fourth-order valence-corrected chi connectivity index (χ4v) is 3.03. The van der Waals surface area contributed by atoms with Crippen LogP contribution in [0.2, 0.25) is 0 Å². The number of phenolic OH excluding ortho intramolecular Hbond substituents is 1. The highest BCUT2D eigenvalue weighted by Crippen LogP contribution is 2.18. The summed E-state index contributed by atoms with van der Waals surface area (Å²) in [7, 11) is 0. The van der Waals surface area contributed by atoms with Crippen LogP contribution in [0.15, 0.2) is 48.5 Å². The number of carbonyl (C=O) groups is 2. The second-order valence-corrected chi connectivity index (χ2v) is 6.42. The van der Waals surface area contributed by atoms with Crippen molar-refractivity contribution in [2.75, 3.05) is 13.1 Å². The summed E-state index contributed by atoms with van der Waals surface area (Å²) in [5.74, 6) is -0.265. The van der Waals surface area contributed by atoms with Crippen LogP contribution in [0.4, 0.5) is 0 Å². The Morgan fingerprint density at radius 2 is 1.68 bits per heavy atom. The number of carbonyl (C=O) groups excluding carboxylic acids is 2. The molecule has 1 heterocycles. The number of benzene rings is 2. The van der Waals surface area contributed by atoms with E-state index >= 15 is 0 Å². The van der Waals surface area contributed by atoms with E-state index in [1.165, 1.54) is 6.07 Å². The van der Waals surface area contributed by atoms with Crippen molar-refractivity contribution in [2.24, 2.45) is 0 Å². The zero-order valence-corrected chi connectivity index (χ0v) is 14.2. The molecule has 0 bridgehead atoms. The fraction of sp³-hybridized carbons (Fsp3) is 0.300. The van der Waals surface area contributed by atoms with E-state index in [0.29, 0.717) is 31.5 Å². The Morgan fingerprint density at radius 3 is 2.32 bits per heavy atom. The van der Waals surface area contributed by atoms with Gasteiger partial charge in [0.2, 0.25) is 0 Å². The van der Waals surface area contributed by atoms with Crippen LogP contribution in [-0.2, 0) is 0 Å². The molecule has 5 nitrogen and oxygen atoms in total. The van der Waals surface area contributed by atoms with Gasteiger partial charge in [-0.25, -0.2) is 0 Å². The van der Waals surface area contributed by atoms with Gasteiger partial charge in [-0.2, -0.15) is 0 Å². The number of aryl methyl sites for hydroxylation is 1. The van der Waals surface area contributed by atoms with Gasteiger partial charge in [0.1, 0.15) is 5.75 Å². The molecule has 2 aromatic carbocycles. The molecule has 0 radical (unpaired) electrons. The highest BCUT2D eigenvalue weighted by molar-refractivity contribution is 5.97. The van der Waals surface area contributed by atoms with Gasteiger partial charge in [-0.05, 0) is 44.0 Å². The highest BCUT2D eigenvalue weighted by Gasteiger charge is 2.25. The second kappa shape index (κ2) is 7.38. The van der Waals surface area contributed by atoms with Gasteiger partial charge < -0.3 is 15.3 Å². The van der Waals surface area contributed by atoms with Crippen molar-refractivity contribution in [1.29, 1.82) is 0 Å². The predicted octanol–water partition coefficient (Wildman–Crippen LogP) is 2.74. The first-order valence-electron chi connectivity index (χ1n) is 8.49. The molecule has 0 saturated carbocycles. The molecular formula is C20H22N2O3. The third kappa shape index (κ3) is 3.99. The Hall–Kier alpha value is -2.82. The van der Waals surface area contributed by atoms with Crippen molar-refractivity contribution < 1.29 is 14.7 Å². The summed E-state index contributed by atoms with van der Waals surface area (Å²) in [6, 6.07) is 14.1. The summed E-state index contributed by atoms with van der Waals surface area (Å²) in [6.45, 7) is 3.21. The average molecular weight is 338 g/mol. The van der Waals surface area contributed by atoms with Gasteiger partial charge >= 0.3 is 0 Å². The second-order valence-electron chi connectivity index (χ2n) is 6.42. The van der Waals surface area contributed by atoms with E-state index in [1.807, 2.05) is 36.1 Å². The number of nitrogens with one attached hydrogen (secondary N) is 1. The molecule has 1 fully saturated rings. The summed E-state index contributed by atoms with van der Waals surface area (Å²) < 4.78 is 0.